The van der Waals surface area contributed by atoms with Gasteiger partial charge >= 0.3 is 0 Å². The van der Waals surface area contributed by atoms with E-state index in [2.05, 4.69) is 55.4 Å². The molecule has 2 atom stereocenters. The molecule has 0 aliphatic rings. The molecule has 7 nitrogen and oxygen atoms in total. The lowest BCUT2D eigenvalue weighted by molar-refractivity contribution is -0.243. The van der Waals surface area contributed by atoms with Crippen molar-refractivity contribution in [2.24, 2.45) is 0 Å². The molecule has 55 heavy (non-hydrogen) atoms. The molecule has 0 saturated heterocycles. The van der Waals surface area contributed by atoms with Crippen molar-refractivity contribution in [2.75, 3.05) is 39.6 Å². The topological polar surface area (TPSA) is 64.6 Å². The van der Waals surface area contributed by atoms with E-state index >= 15 is 0 Å². The smallest absolute Gasteiger partial charge is 0.223 e. The van der Waals surface area contributed by atoms with Gasteiger partial charge in [-0.2, -0.15) is 0 Å². The van der Waals surface area contributed by atoms with Gasteiger partial charge in [-0.1, -0.05) is 171 Å². The van der Waals surface area contributed by atoms with Crippen molar-refractivity contribution in [3.05, 3.63) is 23.0 Å². The van der Waals surface area contributed by atoms with Crippen LogP contribution in [0, 0.1) is 0 Å². The second-order valence-electron chi connectivity index (χ2n) is 15.4. The van der Waals surface area contributed by atoms with Crippen molar-refractivity contribution in [2.45, 2.75) is 248 Å². The van der Waals surface area contributed by atoms with Crippen LogP contribution in [0.2, 0.25) is 0 Å². The van der Waals surface area contributed by atoms with E-state index in [4.69, 9.17) is 33.2 Å². The summed E-state index contributed by atoms with van der Waals surface area (Å²) in [4.78, 5) is 0. The van der Waals surface area contributed by atoms with Gasteiger partial charge in [-0.25, -0.2) is 0 Å². The molecule has 0 aliphatic heterocycles. The van der Waals surface area contributed by atoms with Gasteiger partial charge in [0.2, 0.25) is 12.6 Å². The minimum Gasteiger partial charge on any atom is -0.494 e. The fourth-order valence-corrected chi connectivity index (χ4v) is 6.36. The fraction of sp³-hybridized carbons (Fsp3) is 0.917. The van der Waals surface area contributed by atoms with Crippen LogP contribution in [0.1, 0.15) is 235 Å². The zero-order valence-electron chi connectivity index (χ0n) is 38.1. The summed E-state index contributed by atoms with van der Waals surface area (Å²) in [5.74, 6) is 3.03. The van der Waals surface area contributed by atoms with Crippen LogP contribution in [0.4, 0.5) is 0 Å². The predicted octanol–water partition coefficient (Wildman–Crippen LogP) is 15.3. The minimum absolute atomic E-state index is 0.560. The van der Waals surface area contributed by atoms with Crippen LogP contribution < -0.4 is 0 Å². The maximum absolute atomic E-state index is 7.05. The quantitative estimate of drug-likeness (QED) is 0.0346. The van der Waals surface area contributed by atoms with Crippen molar-refractivity contribution >= 4 is 0 Å². The molecule has 0 heterocycles. The highest BCUT2D eigenvalue weighted by Gasteiger charge is 2.32. The van der Waals surface area contributed by atoms with E-state index in [0.29, 0.717) is 51.2 Å². The maximum Gasteiger partial charge on any atom is 0.223 e. The van der Waals surface area contributed by atoms with Gasteiger partial charge in [0.05, 0.1) is 39.6 Å². The van der Waals surface area contributed by atoms with E-state index in [1.54, 1.807) is 0 Å². The third kappa shape index (κ3) is 30.3. The minimum atomic E-state index is -0.795. The highest BCUT2D eigenvalue weighted by molar-refractivity contribution is 5.09. The highest BCUT2D eigenvalue weighted by Crippen LogP contribution is 2.29. The first kappa shape index (κ1) is 53.6. The Morgan fingerprint density at radius 3 is 0.909 bits per heavy atom. The van der Waals surface area contributed by atoms with E-state index in [0.717, 1.165) is 101 Å². The summed E-state index contributed by atoms with van der Waals surface area (Å²) >= 11 is 0. The molecule has 0 amide bonds. The molecular formula is C48H94O7. The van der Waals surface area contributed by atoms with E-state index in [-0.39, 0.29) is 0 Å². The molecule has 0 aromatic heterocycles. The van der Waals surface area contributed by atoms with Crippen LogP contribution in [0.3, 0.4) is 0 Å². The Balaban J connectivity index is 6.82. The summed E-state index contributed by atoms with van der Waals surface area (Å²) in [6, 6.07) is 0. The molecule has 0 aromatic carbocycles. The maximum atomic E-state index is 7.05. The lowest BCUT2D eigenvalue weighted by Crippen LogP contribution is -2.34. The predicted molar refractivity (Wildman–Crippen MR) is 233 cm³/mol. The van der Waals surface area contributed by atoms with Gasteiger partial charge in [-0.15, -0.1) is 0 Å². The van der Waals surface area contributed by atoms with Gasteiger partial charge in [0.25, 0.3) is 0 Å². The average Bonchev–Trinajstić information content (AvgIpc) is 3.19. The van der Waals surface area contributed by atoms with E-state index in [1.807, 2.05) is 0 Å². The summed E-state index contributed by atoms with van der Waals surface area (Å²) in [5, 5.41) is 0. The number of allylic oxidation sites excluding steroid dienone is 2. The Hall–Kier alpha value is -1.44. The van der Waals surface area contributed by atoms with Gasteiger partial charge < -0.3 is 33.2 Å². The fourth-order valence-electron chi connectivity index (χ4n) is 6.36. The second kappa shape index (κ2) is 42.2. The molecule has 0 rings (SSSR count). The summed E-state index contributed by atoms with van der Waals surface area (Å²) in [7, 11) is 0. The molecule has 2 unspecified atom stereocenters. The van der Waals surface area contributed by atoms with Crippen LogP contribution in [0.5, 0.6) is 0 Å². The van der Waals surface area contributed by atoms with Crippen molar-refractivity contribution < 1.29 is 33.2 Å². The van der Waals surface area contributed by atoms with Crippen molar-refractivity contribution in [3.63, 3.8) is 0 Å². The number of ether oxygens (including phenoxy) is 7. The summed E-state index contributed by atoms with van der Waals surface area (Å²) in [5.41, 5.74) is 0. The largest absolute Gasteiger partial charge is 0.494 e. The first-order valence-electron chi connectivity index (χ1n) is 23.9. The molecule has 0 aromatic rings. The second-order valence-corrected chi connectivity index (χ2v) is 15.4. The van der Waals surface area contributed by atoms with Crippen LogP contribution in [-0.2, 0) is 33.2 Å². The van der Waals surface area contributed by atoms with Crippen LogP contribution in [-0.4, -0.2) is 52.2 Å². The number of unbranched alkanes of at least 4 members (excludes halogenated alkanes) is 18. The number of rotatable bonds is 44. The Morgan fingerprint density at radius 1 is 0.291 bits per heavy atom. The molecule has 0 N–H and O–H groups in total. The summed E-state index contributed by atoms with van der Waals surface area (Å²) in [6.07, 6.45) is 30.0. The standard InChI is InChI=1S/C48H94O7/c1-9-17-21-23-25-27-29-31-35-43(49-37-13-5)45(51-39-15-7)47(53-41-33-19-11-3)55-48(54-42-34-20-12-4)46(52-40-16-8)44(50-38-14-6)36-32-30-28-26-24-22-18-10-2/h47-48H,9-42H2,1-8H3. The Morgan fingerprint density at radius 2 is 0.582 bits per heavy atom. The number of hydrogen-bond donors (Lipinski definition) is 0. The molecule has 0 saturated carbocycles. The molecule has 328 valence electrons. The van der Waals surface area contributed by atoms with Gasteiger partial charge in [0.15, 0.2) is 11.5 Å². The molecule has 0 radical (unpaired) electrons. The van der Waals surface area contributed by atoms with E-state index < -0.39 is 12.6 Å². The van der Waals surface area contributed by atoms with Crippen molar-refractivity contribution in [1.82, 2.24) is 0 Å². The van der Waals surface area contributed by atoms with Gasteiger partial charge in [-0.05, 0) is 51.4 Å². The van der Waals surface area contributed by atoms with Crippen LogP contribution >= 0.6 is 0 Å². The molecule has 0 bridgehead atoms. The molecule has 0 aliphatic carbocycles. The van der Waals surface area contributed by atoms with Crippen molar-refractivity contribution in [1.29, 1.82) is 0 Å². The number of hydrogen-bond acceptors (Lipinski definition) is 7. The normalized spacial score (nSPS) is 13.7. The van der Waals surface area contributed by atoms with Crippen LogP contribution in [0.15, 0.2) is 23.0 Å². The zero-order valence-corrected chi connectivity index (χ0v) is 38.1. The van der Waals surface area contributed by atoms with E-state index in [1.165, 1.54) is 89.9 Å². The summed E-state index contributed by atoms with van der Waals surface area (Å²) < 4.78 is 46.7. The van der Waals surface area contributed by atoms with Gasteiger partial charge in [0.1, 0.15) is 11.5 Å². The lowest BCUT2D eigenvalue weighted by Gasteiger charge is -2.30. The van der Waals surface area contributed by atoms with Crippen LogP contribution in [0.25, 0.3) is 0 Å². The lowest BCUT2D eigenvalue weighted by atomic mass is 10.1. The van der Waals surface area contributed by atoms with Gasteiger partial charge in [-0.3, -0.25) is 0 Å². The zero-order chi connectivity index (χ0) is 40.5. The van der Waals surface area contributed by atoms with Gasteiger partial charge in [0, 0.05) is 12.8 Å². The monoisotopic (exact) mass is 783 g/mol. The highest BCUT2D eigenvalue weighted by atomic mass is 16.8. The average molecular weight is 783 g/mol. The Bertz CT molecular complexity index is 789. The summed E-state index contributed by atoms with van der Waals surface area (Å²) in [6.45, 7) is 21.1. The SMILES string of the molecule is CCCCCCCCCCC(OCCC)=C(OCCC)C(OCCCCC)OC(OCCCCC)C(OCCC)=C(CCCCCCCCCC)OCCC. The first-order valence-corrected chi connectivity index (χ1v) is 23.9. The van der Waals surface area contributed by atoms with Crippen molar-refractivity contribution in [3.8, 4) is 0 Å². The van der Waals surface area contributed by atoms with E-state index in [9.17, 15) is 0 Å². The Kier molecular flexibility index (Phi) is 41.1. The Labute approximate surface area is 342 Å². The first-order chi connectivity index (χ1) is 27.1. The molecule has 0 spiro atoms. The molecular weight excluding hydrogens is 689 g/mol. The molecule has 0 fully saturated rings. The third-order valence-corrected chi connectivity index (χ3v) is 9.66. The third-order valence-electron chi connectivity index (χ3n) is 9.66. The molecule has 7 heteroatoms.